The van der Waals surface area contributed by atoms with Crippen LogP contribution < -0.4 is 10.6 Å². The fourth-order valence-corrected chi connectivity index (χ4v) is 5.35. The number of carbonyl (C=O) groups is 2. The average Bonchev–Trinajstić information content (AvgIpc) is 3.04. The first-order chi connectivity index (χ1) is 11.2. The maximum atomic E-state index is 12.6. The molecule has 23 heavy (non-hydrogen) atoms. The Morgan fingerprint density at radius 2 is 2.17 bits per heavy atom. The highest BCUT2D eigenvalue weighted by Crippen LogP contribution is 2.40. The number of carbonyl (C=O) groups excluding carboxylic acids is 2. The smallest absolute Gasteiger partial charge is 0.251 e. The summed E-state index contributed by atoms with van der Waals surface area (Å²) in [6.45, 7) is 0.678. The molecule has 0 aliphatic carbocycles. The van der Waals surface area contributed by atoms with Gasteiger partial charge in [0.2, 0.25) is 5.91 Å². The van der Waals surface area contributed by atoms with Crippen LogP contribution in [0.15, 0.2) is 29.6 Å². The van der Waals surface area contributed by atoms with E-state index in [1.165, 1.54) is 4.88 Å². The number of anilines is 1. The second-order valence-corrected chi connectivity index (χ2v) is 7.88. The first-order valence-corrected chi connectivity index (χ1v) is 9.55. The number of hydrogen-bond acceptors (Lipinski definition) is 4. The van der Waals surface area contributed by atoms with Crippen molar-refractivity contribution in [2.24, 2.45) is 0 Å². The third-order valence-electron chi connectivity index (χ3n) is 4.22. The molecule has 0 bridgehead atoms. The lowest BCUT2D eigenvalue weighted by Crippen LogP contribution is -2.32. The van der Waals surface area contributed by atoms with Crippen LogP contribution in [0.25, 0.3) is 0 Å². The van der Waals surface area contributed by atoms with Gasteiger partial charge < -0.3 is 10.6 Å². The first kappa shape index (κ1) is 14.8. The number of rotatable bonds is 2. The Bertz CT molecular complexity index is 785. The van der Waals surface area contributed by atoms with E-state index in [0.29, 0.717) is 17.8 Å². The molecule has 4 nitrogen and oxygen atoms in total. The van der Waals surface area contributed by atoms with Gasteiger partial charge in [0.15, 0.2) is 0 Å². The van der Waals surface area contributed by atoms with Crippen LogP contribution in [0.5, 0.6) is 0 Å². The summed E-state index contributed by atoms with van der Waals surface area (Å²) in [7, 11) is 0. The summed E-state index contributed by atoms with van der Waals surface area (Å²) in [5.41, 5.74) is 3.54. The van der Waals surface area contributed by atoms with Crippen LogP contribution in [0.3, 0.4) is 0 Å². The van der Waals surface area contributed by atoms with Gasteiger partial charge in [-0.2, -0.15) is 0 Å². The van der Waals surface area contributed by atoms with E-state index >= 15 is 0 Å². The van der Waals surface area contributed by atoms with Crippen molar-refractivity contribution in [3.05, 3.63) is 51.2 Å². The summed E-state index contributed by atoms with van der Waals surface area (Å²) in [4.78, 5) is 25.9. The van der Waals surface area contributed by atoms with Crippen LogP contribution >= 0.6 is 23.1 Å². The molecule has 1 aromatic heterocycles. The van der Waals surface area contributed by atoms with E-state index in [0.717, 1.165) is 29.7 Å². The van der Waals surface area contributed by atoms with E-state index in [2.05, 4.69) is 22.1 Å². The van der Waals surface area contributed by atoms with Crippen molar-refractivity contribution in [3.63, 3.8) is 0 Å². The summed E-state index contributed by atoms with van der Waals surface area (Å²) < 4.78 is 0. The van der Waals surface area contributed by atoms with Crippen LogP contribution in [0.1, 0.15) is 31.6 Å². The molecular weight excluding hydrogens is 328 g/mol. The predicted octanol–water partition coefficient (Wildman–Crippen LogP) is 3.00. The van der Waals surface area contributed by atoms with Crippen LogP contribution in [0.2, 0.25) is 0 Å². The molecule has 2 N–H and O–H groups in total. The first-order valence-electron chi connectivity index (χ1n) is 7.62. The van der Waals surface area contributed by atoms with Crippen molar-refractivity contribution in [2.75, 3.05) is 17.6 Å². The summed E-state index contributed by atoms with van der Waals surface area (Å²) in [5, 5.41) is 7.71. The van der Waals surface area contributed by atoms with Crippen molar-refractivity contribution in [3.8, 4) is 0 Å². The Morgan fingerprint density at radius 1 is 1.26 bits per heavy atom. The number of aryl methyl sites for hydroxylation is 1. The van der Waals surface area contributed by atoms with Gasteiger partial charge in [0.05, 0.1) is 0 Å². The topological polar surface area (TPSA) is 58.2 Å². The molecule has 2 amide bonds. The Kier molecular flexibility index (Phi) is 3.87. The van der Waals surface area contributed by atoms with Crippen LogP contribution in [0, 0.1) is 0 Å². The van der Waals surface area contributed by atoms with Crippen molar-refractivity contribution in [1.29, 1.82) is 0 Å². The molecule has 4 rings (SSSR count). The average molecular weight is 344 g/mol. The second kappa shape index (κ2) is 6.02. The maximum absolute atomic E-state index is 12.6. The molecular formula is C17H16N2O2S2. The lowest BCUT2D eigenvalue weighted by Gasteiger charge is -2.22. The Balaban J connectivity index is 1.56. The molecule has 3 heterocycles. The molecule has 0 saturated heterocycles. The summed E-state index contributed by atoms with van der Waals surface area (Å²) in [6.07, 6.45) is 1.88. The van der Waals surface area contributed by atoms with Crippen LogP contribution in [0.4, 0.5) is 5.69 Å². The molecule has 0 spiro atoms. The van der Waals surface area contributed by atoms with Crippen molar-refractivity contribution < 1.29 is 9.59 Å². The number of hydrogen-bond donors (Lipinski definition) is 2. The number of benzene rings is 1. The molecule has 2 aliphatic rings. The standard InChI is InChI=1S/C17H16N2O2S2/c20-16-13-9-11(2-1-10(13)3-6-18-16)19-17(21)15-12-4-7-22-14(12)5-8-23-15/h1-2,4,7,9,15H,3,5-6,8H2,(H,18,20)(H,19,21)/t15-/m0/s1. The minimum absolute atomic E-state index is 0.00878. The monoisotopic (exact) mass is 344 g/mol. The Labute approximate surface area is 142 Å². The number of fused-ring (bicyclic) bond motifs is 2. The van der Waals surface area contributed by atoms with Gasteiger partial charge in [-0.3, -0.25) is 9.59 Å². The molecule has 118 valence electrons. The van der Waals surface area contributed by atoms with E-state index in [9.17, 15) is 9.59 Å². The van der Waals surface area contributed by atoms with E-state index in [-0.39, 0.29) is 17.1 Å². The molecule has 2 aromatic rings. The highest BCUT2D eigenvalue weighted by molar-refractivity contribution is 8.00. The van der Waals surface area contributed by atoms with Gasteiger partial charge in [-0.25, -0.2) is 0 Å². The van der Waals surface area contributed by atoms with Gasteiger partial charge in [-0.1, -0.05) is 6.07 Å². The zero-order valence-electron chi connectivity index (χ0n) is 12.4. The highest BCUT2D eigenvalue weighted by atomic mass is 32.2. The Hall–Kier alpha value is -1.79. The Morgan fingerprint density at radius 3 is 3.09 bits per heavy atom. The second-order valence-electron chi connectivity index (χ2n) is 5.67. The van der Waals surface area contributed by atoms with E-state index in [1.807, 2.05) is 12.1 Å². The van der Waals surface area contributed by atoms with Crippen molar-refractivity contribution in [2.45, 2.75) is 18.1 Å². The zero-order chi connectivity index (χ0) is 15.8. The quantitative estimate of drug-likeness (QED) is 0.880. The lowest BCUT2D eigenvalue weighted by molar-refractivity contribution is -0.115. The molecule has 0 fully saturated rings. The van der Waals surface area contributed by atoms with Crippen LogP contribution in [-0.2, 0) is 17.6 Å². The summed E-state index contributed by atoms with van der Waals surface area (Å²) in [6, 6.07) is 7.66. The molecule has 1 aromatic carbocycles. The van der Waals surface area contributed by atoms with Crippen molar-refractivity contribution >= 4 is 40.6 Å². The van der Waals surface area contributed by atoms with Crippen LogP contribution in [-0.4, -0.2) is 24.1 Å². The summed E-state index contributed by atoms with van der Waals surface area (Å²) in [5.74, 6) is 0.901. The van der Waals surface area contributed by atoms with Gasteiger partial charge in [-0.15, -0.1) is 23.1 Å². The predicted molar refractivity (Wildman–Crippen MR) is 94.3 cm³/mol. The van der Waals surface area contributed by atoms with Gasteiger partial charge in [0, 0.05) is 22.7 Å². The molecule has 6 heteroatoms. The van der Waals surface area contributed by atoms with E-state index in [4.69, 9.17) is 0 Å². The molecule has 0 unspecified atom stereocenters. The third-order valence-corrected chi connectivity index (χ3v) is 6.45. The van der Waals surface area contributed by atoms with Gasteiger partial charge >= 0.3 is 0 Å². The fraction of sp³-hybridized carbons (Fsp3) is 0.294. The van der Waals surface area contributed by atoms with Gasteiger partial charge in [0.1, 0.15) is 5.25 Å². The number of amides is 2. The number of nitrogens with one attached hydrogen (secondary N) is 2. The molecule has 2 aliphatic heterocycles. The lowest BCUT2D eigenvalue weighted by atomic mass is 9.99. The van der Waals surface area contributed by atoms with E-state index < -0.39 is 0 Å². The minimum atomic E-state index is -0.158. The fourth-order valence-electron chi connectivity index (χ4n) is 3.06. The zero-order valence-corrected chi connectivity index (χ0v) is 14.1. The maximum Gasteiger partial charge on any atom is 0.251 e. The normalized spacial score (nSPS) is 19.5. The highest BCUT2D eigenvalue weighted by Gasteiger charge is 2.28. The number of thioether (sulfide) groups is 1. The van der Waals surface area contributed by atoms with Gasteiger partial charge in [-0.05, 0) is 53.3 Å². The third kappa shape index (κ3) is 2.77. The summed E-state index contributed by atoms with van der Waals surface area (Å²) >= 11 is 3.41. The minimum Gasteiger partial charge on any atom is -0.352 e. The molecule has 0 saturated carbocycles. The molecule has 1 atom stereocenters. The van der Waals surface area contributed by atoms with Crippen molar-refractivity contribution in [1.82, 2.24) is 5.32 Å². The largest absolute Gasteiger partial charge is 0.352 e. The SMILES string of the molecule is O=C1NCCc2ccc(NC(=O)[C@H]3SCCc4sccc43)cc21. The number of thiophene rings is 1. The van der Waals surface area contributed by atoms with E-state index in [1.54, 1.807) is 29.2 Å². The van der Waals surface area contributed by atoms with Gasteiger partial charge in [0.25, 0.3) is 5.91 Å². The molecule has 0 radical (unpaired) electrons.